The third-order valence-corrected chi connectivity index (χ3v) is 4.17. The smallest absolute Gasteiger partial charge is 0.260 e. The third kappa shape index (κ3) is 2.76. The first-order valence-corrected chi connectivity index (χ1v) is 7.87. The second-order valence-electron chi connectivity index (χ2n) is 6.09. The number of aromatic amines is 1. The Balaban J connectivity index is 1.93. The first-order valence-electron chi connectivity index (χ1n) is 7.49. The largest absolute Gasteiger partial charge is 0.329 e. The van der Waals surface area contributed by atoms with E-state index in [1.54, 1.807) is 4.90 Å². The van der Waals surface area contributed by atoms with Gasteiger partial charge in [-0.2, -0.15) is 0 Å². The Bertz CT molecular complexity index is 810. The molecule has 0 aliphatic carbocycles. The predicted molar refractivity (Wildman–Crippen MR) is 85.6 cm³/mol. The van der Waals surface area contributed by atoms with Crippen LogP contribution < -0.4 is 5.56 Å². The molecule has 0 saturated heterocycles. The Morgan fingerprint density at radius 1 is 1.43 bits per heavy atom. The van der Waals surface area contributed by atoms with Crippen LogP contribution >= 0.6 is 11.6 Å². The van der Waals surface area contributed by atoms with E-state index < -0.39 is 5.56 Å². The number of halogens is 1. The first kappa shape index (κ1) is 15.7. The lowest BCUT2D eigenvalue weighted by molar-refractivity contribution is 0.0677. The number of H-pyrrole nitrogens is 1. The minimum atomic E-state index is -0.443. The van der Waals surface area contributed by atoms with E-state index in [1.807, 2.05) is 6.92 Å². The molecule has 0 unspecified atom stereocenters. The Hall–Kier alpha value is -2.15. The second-order valence-corrected chi connectivity index (χ2v) is 6.53. The predicted octanol–water partition coefficient (Wildman–Crippen LogP) is 1.96. The number of hydrogen-bond acceptors (Lipinski definition) is 4. The number of carbonyl (C=O) groups excluding carboxylic acids is 1. The molecule has 3 heterocycles. The van der Waals surface area contributed by atoms with Gasteiger partial charge in [0.25, 0.3) is 11.5 Å². The van der Waals surface area contributed by atoms with Gasteiger partial charge < -0.3 is 14.5 Å². The van der Waals surface area contributed by atoms with Crippen LogP contribution in [0, 0.1) is 0 Å². The van der Waals surface area contributed by atoms with E-state index in [-0.39, 0.29) is 23.4 Å². The van der Waals surface area contributed by atoms with Crippen LogP contribution in [-0.4, -0.2) is 37.1 Å². The van der Waals surface area contributed by atoms with Gasteiger partial charge in [0.1, 0.15) is 11.4 Å². The van der Waals surface area contributed by atoms with Gasteiger partial charge in [-0.25, -0.2) is 0 Å². The summed E-state index contributed by atoms with van der Waals surface area (Å²) < 4.78 is 2.08. The van der Waals surface area contributed by atoms with Gasteiger partial charge >= 0.3 is 0 Å². The lowest BCUT2D eigenvalue weighted by atomic mass is 10.1. The fourth-order valence-corrected chi connectivity index (χ4v) is 3.06. The van der Waals surface area contributed by atoms with E-state index in [9.17, 15) is 9.59 Å². The standard InChI is InChI=1S/C15H18ClN5O2/c1-8(2)13-19-18-12-7-20(6-9(3)21(12)13)15(23)11-4-10(16)5-17-14(11)22/h4-5,8-9H,6-7H2,1-3H3,(H,17,22)/t9-/m0/s1. The van der Waals surface area contributed by atoms with Gasteiger partial charge in [0.15, 0.2) is 5.82 Å². The maximum absolute atomic E-state index is 12.7. The van der Waals surface area contributed by atoms with Crippen LogP contribution in [0.2, 0.25) is 5.02 Å². The van der Waals surface area contributed by atoms with Crippen LogP contribution in [0.15, 0.2) is 17.1 Å². The highest BCUT2D eigenvalue weighted by atomic mass is 35.5. The highest BCUT2D eigenvalue weighted by Crippen LogP contribution is 2.25. The summed E-state index contributed by atoms with van der Waals surface area (Å²) in [5, 5.41) is 8.76. The molecule has 1 aliphatic rings. The van der Waals surface area contributed by atoms with Crippen molar-refractivity contribution in [2.24, 2.45) is 0 Å². The van der Waals surface area contributed by atoms with Crippen molar-refractivity contribution in [3.8, 4) is 0 Å². The lowest BCUT2D eigenvalue weighted by Crippen LogP contribution is -2.42. The number of pyridine rings is 1. The van der Waals surface area contributed by atoms with Gasteiger partial charge in [-0.1, -0.05) is 25.4 Å². The minimum absolute atomic E-state index is 0.0433. The molecule has 1 N–H and O–H groups in total. The fraction of sp³-hybridized carbons (Fsp3) is 0.467. The van der Waals surface area contributed by atoms with Gasteiger partial charge in [-0.3, -0.25) is 9.59 Å². The Labute approximate surface area is 138 Å². The molecule has 0 saturated carbocycles. The van der Waals surface area contributed by atoms with E-state index in [1.165, 1.54) is 12.3 Å². The molecule has 0 fully saturated rings. The van der Waals surface area contributed by atoms with Crippen molar-refractivity contribution in [3.63, 3.8) is 0 Å². The molecule has 0 bridgehead atoms. The van der Waals surface area contributed by atoms with Crippen molar-refractivity contribution in [2.75, 3.05) is 6.54 Å². The van der Waals surface area contributed by atoms with Crippen LogP contribution in [-0.2, 0) is 6.54 Å². The Morgan fingerprint density at radius 2 is 2.17 bits per heavy atom. The van der Waals surface area contributed by atoms with Gasteiger partial charge in [-0.15, -0.1) is 10.2 Å². The van der Waals surface area contributed by atoms with Crippen molar-refractivity contribution in [3.05, 3.63) is 44.9 Å². The highest BCUT2D eigenvalue weighted by Gasteiger charge is 2.31. The van der Waals surface area contributed by atoms with Crippen LogP contribution in [0.5, 0.6) is 0 Å². The molecule has 0 radical (unpaired) electrons. The minimum Gasteiger partial charge on any atom is -0.329 e. The molecule has 3 rings (SSSR count). The number of rotatable bonds is 2. The summed E-state index contributed by atoms with van der Waals surface area (Å²) >= 11 is 5.88. The van der Waals surface area contributed by atoms with Gasteiger partial charge in [0.05, 0.1) is 17.6 Å². The zero-order valence-electron chi connectivity index (χ0n) is 13.2. The van der Waals surface area contributed by atoms with Crippen molar-refractivity contribution >= 4 is 17.5 Å². The molecular weight excluding hydrogens is 318 g/mol. The number of fused-ring (bicyclic) bond motifs is 1. The van der Waals surface area contributed by atoms with Gasteiger partial charge in [0, 0.05) is 18.7 Å². The molecule has 1 atom stereocenters. The number of carbonyl (C=O) groups is 1. The summed E-state index contributed by atoms with van der Waals surface area (Å²) in [7, 11) is 0. The monoisotopic (exact) mass is 335 g/mol. The zero-order chi connectivity index (χ0) is 16.7. The van der Waals surface area contributed by atoms with Crippen LogP contribution in [0.3, 0.4) is 0 Å². The van der Waals surface area contributed by atoms with E-state index >= 15 is 0 Å². The second kappa shape index (κ2) is 5.81. The van der Waals surface area contributed by atoms with Gasteiger partial charge in [-0.05, 0) is 13.0 Å². The maximum atomic E-state index is 12.7. The summed E-state index contributed by atoms with van der Waals surface area (Å²) in [5.41, 5.74) is -0.399. The molecule has 0 spiro atoms. The topological polar surface area (TPSA) is 83.9 Å². The quantitative estimate of drug-likeness (QED) is 0.909. The van der Waals surface area contributed by atoms with Crippen molar-refractivity contribution in [1.29, 1.82) is 0 Å². The van der Waals surface area contributed by atoms with E-state index in [2.05, 4.69) is 33.6 Å². The molecule has 7 nitrogen and oxygen atoms in total. The summed E-state index contributed by atoms with van der Waals surface area (Å²) in [6.07, 6.45) is 1.37. The van der Waals surface area contributed by atoms with Crippen LogP contribution in [0.4, 0.5) is 0 Å². The molecule has 2 aromatic rings. The van der Waals surface area contributed by atoms with Crippen LogP contribution in [0.25, 0.3) is 0 Å². The summed E-state index contributed by atoms with van der Waals surface area (Å²) in [6, 6.07) is 1.44. The normalized spacial score (nSPS) is 17.4. The maximum Gasteiger partial charge on any atom is 0.260 e. The summed E-state index contributed by atoms with van der Waals surface area (Å²) in [6.45, 7) is 6.96. The molecular formula is C15H18ClN5O2. The molecule has 2 aromatic heterocycles. The number of aromatic nitrogens is 4. The van der Waals surface area contributed by atoms with Crippen molar-refractivity contribution in [2.45, 2.75) is 39.3 Å². The van der Waals surface area contributed by atoms with E-state index in [0.717, 1.165) is 11.6 Å². The highest BCUT2D eigenvalue weighted by molar-refractivity contribution is 6.30. The van der Waals surface area contributed by atoms with Crippen molar-refractivity contribution in [1.82, 2.24) is 24.6 Å². The third-order valence-electron chi connectivity index (χ3n) is 3.95. The fourth-order valence-electron chi connectivity index (χ4n) is 2.90. The van der Waals surface area contributed by atoms with E-state index in [0.29, 0.717) is 18.1 Å². The van der Waals surface area contributed by atoms with Crippen LogP contribution in [0.1, 0.15) is 54.7 Å². The van der Waals surface area contributed by atoms with Gasteiger partial charge in [0.2, 0.25) is 0 Å². The number of amides is 1. The lowest BCUT2D eigenvalue weighted by Gasteiger charge is -2.32. The number of nitrogens with zero attached hydrogens (tertiary/aromatic N) is 4. The first-order chi connectivity index (χ1) is 10.9. The summed E-state index contributed by atoms with van der Waals surface area (Å²) in [5.74, 6) is 1.57. The molecule has 23 heavy (non-hydrogen) atoms. The SMILES string of the molecule is CC(C)c1nnc2n1[C@@H](C)CN(C(=O)c1cc(Cl)c[nH]c1=O)C2. The number of nitrogens with one attached hydrogen (secondary N) is 1. The Kier molecular flexibility index (Phi) is 3.97. The summed E-state index contributed by atoms with van der Waals surface area (Å²) in [4.78, 5) is 28.6. The molecule has 0 aromatic carbocycles. The van der Waals surface area contributed by atoms with Crippen molar-refractivity contribution < 1.29 is 4.79 Å². The molecule has 1 amide bonds. The number of hydrogen-bond donors (Lipinski definition) is 1. The molecule has 1 aliphatic heterocycles. The average molecular weight is 336 g/mol. The Morgan fingerprint density at radius 3 is 2.87 bits per heavy atom. The zero-order valence-corrected chi connectivity index (χ0v) is 14.0. The molecule has 122 valence electrons. The average Bonchev–Trinajstić information content (AvgIpc) is 2.93. The molecule has 8 heteroatoms. The van der Waals surface area contributed by atoms with E-state index in [4.69, 9.17) is 11.6 Å².